The number of carbonyl (C=O) groups excluding carboxylic acids is 3. The summed E-state index contributed by atoms with van der Waals surface area (Å²) in [5.41, 5.74) is 6.15. The Hall–Kier alpha value is -3.47. The van der Waals surface area contributed by atoms with Crippen LogP contribution >= 0.6 is 0 Å². The molecule has 0 aromatic heterocycles. The molecule has 0 radical (unpaired) electrons. The minimum atomic E-state index is -1.32. The molecule has 0 saturated heterocycles. The highest BCUT2D eigenvalue weighted by molar-refractivity contribution is 5.93. The molecule has 0 saturated carbocycles. The van der Waals surface area contributed by atoms with Crippen molar-refractivity contribution in [1.29, 1.82) is 0 Å². The van der Waals surface area contributed by atoms with Gasteiger partial charge in [0, 0.05) is 6.42 Å². The van der Waals surface area contributed by atoms with E-state index in [4.69, 9.17) is 10.8 Å². The number of aliphatic carboxylic acids is 2. The average Bonchev–Trinajstić information content (AvgIpc) is 2.69. The highest BCUT2D eigenvalue weighted by Gasteiger charge is 2.29. The van der Waals surface area contributed by atoms with Crippen LogP contribution < -0.4 is 21.7 Å². The van der Waals surface area contributed by atoms with E-state index < -0.39 is 60.8 Å². The molecule has 1 rings (SSSR count). The molecular formula is C20H28N4O7. The number of hydrogen-bond acceptors (Lipinski definition) is 6. The van der Waals surface area contributed by atoms with E-state index in [1.165, 1.54) is 0 Å². The SMILES string of the molecule is CC(C)C(NC(=O)C(Cc1ccccc1)NC(=O)CNC(=O)C(N)CC(=O)O)C(=O)O. The van der Waals surface area contributed by atoms with Gasteiger partial charge in [0.2, 0.25) is 17.7 Å². The number of carboxylic acid groups (broad SMARTS) is 2. The Labute approximate surface area is 179 Å². The summed E-state index contributed by atoms with van der Waals surface area (Å²) < 4.78 is 0. The second kappa shape index (κ2) is 12.3. The molecule has 1 aromatic rings. The predicted molar refractivity (Wildman–Crippen MR) is 110 cm³/mol. The molecule has 3 amide bonds. The van der Waals surface area contributed by atoms with Crippen molar-refractivity contribution in [2.24, 2.45) is 11.7 Å². The van der Waals surface area contributed by atoms with Crippen molar-refractivity contribution in [3.8, 4) is 0 Å². The van der Waals surface area contributed by atoms with Crippen LogP contribution in [0.15, 0.2) is 30.3 Å². The van der Waals surface area contributed by atoms with Gasteiger partial charge in [0.25, 0.3) is 0 Å². The van der Waals surface area contributed by atoms with Crippen molar-refractivity contribution in [3.63, 3.8) is 0 Å². The molecule has 31 heavy (non-hydrogen) atoms. The van der Waals surface area contributed by atoms with Gasteiger partial charge in [0.15, 0.2) is 0 Å². The average molecular weight is 436 g/mol. The monoisotopic (exact) mass is 436 g/mol. The lowest BCUT2D eigenvalue weighted by molar-refractivity contribution is -0.143. The molecule has 0 aliphatic rings. The Kier molecular flexibility index (Phi) is 10.1. The summed E-state index contributed by atoms with van der Waals surface area (Å²) in [6.45, 7) is 2.75. The van der Waals surface area contributed by atoms with Gasteiger partial charge in [-0.15, -0.1) is 0 Å². The Morgan fingerprint density at radius 1 is 0.968 bits per heavy atom. The third-order valence-corrected chi connectivity index (χ3v) is 4.32. The first-order valence-electron chi connectivity index (χ1n) is 9.62. The van der Waals surface area contributed by atoms with Crippen molar-refractivity contribution < 1.29 is 34.2 Å². The maximum atomic E-state index is 12.7. The number of rotatable bonds is 12. The van der Waals surface area contributed by atoms with Gasteiger partial charge in [0.05, 0.1) is 19.0 Å². The number of carboxylic acids is 2. The molecule has 7 N–H and O–H groups in total. The molecule has 1 aromatic carbocycles. The molecular weight excluding hydrogens is 408 g/mol. The number of carbonyl (C=O) groups is 5. The summed E-state index contributed by atoms with van der Waals surface area (Å²) in [4.78, 5) is 58.7. The fourth-order valence-electron chi connectivity index (χ4n) is 2.65. The van der Waals surface area contributed by atoms with Crippen molar-refractivity contribution in [2.75, 3.05) is 6.54 Å². The zero-order valence-corrected chi connectivity index (χ0v) is 17.3. The van der Waals surface area contributed by atoms with Crippen molar-refractivity contribution in [2.45, 2.75) is 44.8 Å². The van der Waals surface area contributed by atoms with Crippen molar-refractivity contribution in [1.82, 2.24) is 16.0 Å². The largest absolute Gasteiger partial charge is 0.481 e. The lowest BCUT2D eigenvalue weighted by atomic mass is 10.0. The van der Waals surface area contributed by atoms with Crippen LogP contribution in [-0.4, -0.2) is 64.5 Å². The molecule has 11 nitrogen and oxygen atoms in total. The van der Waals surface area contributed by atoms with Gasteiger partial charge in [-0.1, -0.05) is 44.2 Å². The normalized spacial score (nSPS) is 13.5. The number of amides is 3. The van der Waals surface area contributed by atoms with E-state index in [2.05, 4.69) is 16.0 Å². The van der Waals surface area contributed by atoms with Crippen LogP contribution in [0.5, 0.6) is 0 Å². The predicted octanol–water partition coefficient (Wildman–Crippen LogP) is -1.14. The van der Waals surface area contributed by atoms with E-state index in [0.717, 1.165) is 5.56 Å². The van der Waals surface area contributed by atoms with Crippen LogP contribution in [0.3, 0.4) is 0 Å². The molecule has 3 atom stereocenters. The maximum Gasteiger partial charge on any atom is 0.326 e. The van der Waals surface area contributed by atoms with Gasteiger partial charge >= 0.3 is 11.9 Å². The van der Waals surface area contributed by atoms with Crippen LogP contribution in [0.25, 0.3) is 0 Å². The van der Waals surface area contributed by atoms with Crippen LogP contribution in [0.1, 0.15) is 25.8 Å². The molecule has 0 fully saturated rings. The number of nitrogens with one attached hydrogen (secondary N) is 3. The second-order valence-electron chi connectivity index (χ2n) is 7.30. The van der Waals surface area contributed by atoms with Crippen LogP contribution in [-0.2, 0) is 30.4 Å². The van der Waals surface area contributed by atoms with E-state index in [-0.39, 0.29) is 12.3 Å². The smallest absolute Gasteiger partial charge is 0.326 e. The van der Waals surface area contributed by atoms with E-state index in [9.17, 15) is 29.1 Å². The fourth-order valence-corrected chi connectivity index (χ4v) is 2.65. The Bertz CT molecular complexity index is 798. The number of benzene rings is 1. The van der Waals surface area contributed by atoms with E-state index in [1.54, 1.807) is 44.2 Å². The van der Waals surface area contributed by atoms with Gasteiger partial charge in [-0.2, -0.15) is 0 Å². The number of hydrogen-bond donors (Lipinski definition) is 6. The van der Waals surface area contributed by atoms with Gasteiger partial charge < -0.3 is 31.9 Å². The third-order valence-electron chi connectivity index (χ3n) is 4.32. The lowest BCUT2D eigenvalue weighted by Gasteiger charge is -2.23. The van der Waals surface area contributed by atoms with Crippen molar-refractivity contribution >= 4 is 29.7 Å². The highest BCUT2D eigenvalue weighted by atomic mass is 16.4. The Morgan fingerprint density at radius 2 is 1.58 bits per heavy atom. The summed E-state index contributed by atoms with van der Waals surface area (Å²) in [7, 11) is 0. The Balaban J connectivity index is 2.83. The molecule has 0 heterocycles. The molecule has 0 aliphatic heterocycles. The fraction of sp³-hybridized carbons (Fsp3) is 0.450. The van der Waals surface area contributed by atoms with Gasteiger partial charge in [-0.3, -0.25) is 19.2 Å². The maximum absolute atomic E-state index is 12.7. The summed E-state index contributed by atoms with van der Waals surface area (Å²) in [6, 6.07) is 5.22. The lowest BCUT2D eigenvalue weighted by Crippen LogP contribution is -2.55. The molecule has 170 valence electrons. The van der Waals surface area contributed by atoms with E-state index in [1.807, 2.05) is 0 Å². The zero-order chi connectivity index (χ0) is 23.6. The quantitative estimate of drug-likeness (QED) is 0.237. The molecule has 0 bridgehead atoms. The van der Waals surface area contributed by atoms with E-state index >= 15 is 0 Å². The van der Waals surface area contributed by atoms with Crippen LogP contribution in [0, 0.1) is 5.92 Å². The molecule has 0 spiro atoms. The molecule has 11 heteroatoms. The third kappa shape index (κ3) is 9.26. The van der Waals surface area contributed by atoms with Crippen LogP contribution in [0.2, 0.25) is 0 Å². The Morgan fingerprint density at radius 3 is 2.10 bits per heavy atom. The zero-order valence-electron chi connectivity index (χ0n) is 17.3. The molecule has 0 aliphatic carbocycles. The first-order chi connectivity index (χ1) is 14.5. The van der Waals surface area contributed by atoms with Gasteiger partial charge in [-0.05, 0) is 11.5 Å². The topological polar surface area (TPSA) is 188 Å². The first kappa shape index (κ1) is 25.6. The minimum Gasteiger partial charge on any atom is -0.481 e. The standard InChI is InChI=1S/C20H28N4O7/c1-11(2)17(20(30)31)24-19(29)14(8-12-6-4-3-5-7-12)23-15(25)10-22-18(28)13(21)9-16(26)27/h3-7,11,13-14,17H,8-10,21H2,1-2H3,(H,22,28)(H,23,25)(H,24,29)(H,26,27)(H,30,31). The van der Waals surface area contributed by atoms with Crippen LogP contribution in [0.4, 0.5) is 0 Å². The molecule has 3 unspecified atom stereocenters. The first-order valence-corrected chi connectivity index (χ1v) is 9.62. The number of nitrogens with two attached hydrogens (primary N) is 1. The van der Waals surface area contributed by atoms with E-state index in [0.29, 0.717) is 0 Å². The summed E-state index contributed by atoms with van der Waals surface area (Å²) in [5.74, 6) is -5.08. The summed E-state index contributed by atoms with van der Waals surface area (Å²) in [5, 5.41) is 25.1. The summed E-state index contributed by atoms with van der Waals surface area (Å²) in [6.07, 6.45) is -0.506. The second-order valence-corrected chi connectivity index (χ2v) is 7.30. The van der Waals surface area contributed by atoms with Gasteiger partial charge in [0.1, 0.15) is 12.1 Å². The minimum absolute atomic E-state index is 0.0926. The highest BCUT2D eigenvalue weighted by Crippen LogP contribution is 2.06. The summed E-state index contributed by atoms with van der Waals surface area (Å²) >= 11 is 0. The van der Waals surface area contributed by atoms with Crippen molar-refractivity contribution in [3.05, 3.63) is 35.9 Å². The van der Waals surface area contributed by atoms with Gasteiger partial charge in [-0.25, -0.2) is 4.79 Å².